The van der Waals surface area contributed by atoms with Crippen LogP contribution in [0, 0.1) is 23.3 Å². The van der Waals surface area contributed by atoms with Crippen molar-refractivity contribution < 1.29 is 37.6 Å². The second-order valence-corrected chi connectivity index (χ2v) is 8.52. The number of hydrogen-bond donors (Lipinski definition) is 5. The first kappa shape index (κ1) is 24.6. The number of nitrogens with two attached hydrogens (primary N) is 1. The molecular weight excluding hydrogens is 476 g/mol. The minimum Gasteiger partial charge on any atom is -0.397 e. The van der Waals surface area contributed by atoms with Gasteiger partial charge < -0.3 is 31.1 Å². The highest BCUT2D eigenvalue weighted by Crippen LogP contribution is 2.35. The molecule has 6 N–H and O–H groups in total. The summed E-state index contributed by atoms with van der Waals surface area (Å²) in [4.78, 5) is 0.0701. The van der Waals surface area contributed by atoms with Gasteiger partial charge in [0.05, 0.1) is 18.3 Å². The Hall–Kier alpha value is -2.02. The zero-order valence-corrected chi connectivity index (χ0v) is 17.8. The Morgan fingerprint density at radius 1 is 1.09 bits per heavy atom. The lowest BCUT2D eigenvalue weighted by molar-refractivity contribution is -0.164. The Bertz CT molecular complexity index is 993. The van der Waals surface area contributed by atoms with E-state index in [1.165, 1.54) is 12.1 Å². The predicted molar refractivity (Wildman–Crippen MR) is 110 cm³/mol. The molecule has 2 aromatic carbocycles. The van der Waals surface area contributed by atoms with Crippen LogP contribution in [0.3, 0.4) is 0 Å². The van der Waals surface area contributed by atoms with Crippen LogP contribution in [-0.2, 0) is 4.74 Å². The van der Waals surface area contributed by atoms with Crippen molar-refractivity contribution in [3.8, 4) is 0 Å². The fourth-order valence-corrected chi connectivity index (χ4v) is 4.44. The minimum atomic E-state index is -1.65. The number of ether oxygens (including phenoxy) is 1. The number of rotatable bonds is 6. The van der Waals surface area contributed by atoms with Crippen LogP contribution in [0.5, 0.6) is 0 Å². The van der Waals surface area contributed by atoms with Gasteiger partial charge in [0.25, 0.3) is 0 Å². The maximum atomic E-state index is 14.1. The number of nitrogens with one attached hydrogen (secondary N) is 1. The summed E-state index contributed by atoms with van der Waals surface area (Å²) < 4.78 is 59.6. The topological polar surface area (TPSA) is 108 Å². The molecule has 12 heteroatoms. The van der Waals surface area contributed by atoms with E-state index in [0.29, 0.717) is 12.1 Å². The van der Waals surface area contributed by atoms with Crippen LogP contribution in [0.1, 0.15) is 5.56 Å². The maximum Gasteiger partial charge on any atom is 0.194 e. The van der Waals surface area contributed by atoms with Crippen LogP contribution < -0.4 is 11.1 Å². The lowest BCUT2D eigenvalue weighted by Crippen LogP contribution is -2.62. The Morgan fingerprint density at radius 2 is 1.75 bits per heavy atom. The van der Waals surface area contributed by atoms with Crippen LogP contribution in [-0.4, -0.2) is 51.7 Å². The zero-order valence-electron chi connectivity index (χ0n) is 16.2. The molecule has 0 bridgehead atoms. The Balaban J connectivity index is 1.82. The summed E-state index contributed by atoms with van der Waals surface area (Å²) >= 11 is 6.67. The fraction of sp³-hybridized carbons (Fsp3) is 0.300. The first-order valence-electron chi connectivity index (χ1n) is 9.23. The summed E-state index contributed by atoms with van der Waals surface area (Å²) in [6.45, 7) is -0.616. The van der Waals surface area contributed by atoms with Gasteiger partial charge in [-0.25, -0.2) is 17.6 Å². The molecule has 3 rings (SSSR count). The third kappa shape index (κ3) is 5.30. The van der Waals surface area contributed by atoms with Crippen LogP contribution in [0.25, 0.3) is 5.70 Å². The molecule has 1 aliphatic rings. The molecule has 1 aliphatic heterocycles. The van der Waals surface area contributed by atoms with Crippen molar-refractivity contribution in [3.63, 3.8) is 0 Å². The summed E-state index contributed by atoms with van der Waals surface area (Å²) in [7, 11) is 0. The van der Waals surface area contributed by atoms with Crippen LogP contribution in [0.2, 0.25) is 5.02 Å². The van der Waals surface area contributed by atoms with Gasteiger partial charge in [0, 0.05) is 21.7 Å². The molecule has 5 unspecified atom stereocenters. The van der Waals surface area contributed by atoms with E-state index in [2.05, 4.69) is 5.32 Å². The van der Waals surface area contributed by atoms with Crippen molar-refractivity contribution in [1.82, 2.24) is 5.32 Å². The van der Waals surface area contributed by atoms with E-state index < -0.39 is 59.7 Å². The van der Waals surface area contributed by atoms with Gasteiger partial charge in [0.2, 0.25) is 0 Å². The molecule has 0 radical (unpaired) electrons. The van der Waals surface area contributed by atoms with Gasteiger partial charge in [-0.05, 0) is 30.3 Å². The van der Waals surface area contributed by atoms with Gasteiger partial charge in [0.15, 0.2) is 17.5 Å². The molecule has 32 heavy (non-hydrogen) atoms. The first-order valence-corrected chi connectivity index (χ1v) is 10.5. The summed E-state index contributed by atoms with van der Waals surface area (Å²) in [5.41, 5.74) is 4.25. The standard InChI is InChI=1S/C20H19ClF4N2O4S/c21-9-1-2-10(22)15(5-9)32-20-19(30)17(18(29)14(7-28)31-20)27-6-13(26)8-3-11(23)16(25)12(24)4-8/h1-6,14,17-20,27-30H,7,26H2/b13-6-. The second-order valence-electron chi connectivity index (χ2n) is 6.95. The summed E-state index contributed by atoms with van der Waals surface area (Å²) in [5, 5.41) is 33.5. The highest BCUT2D eigenvalue weighted by molar-refractivity contribution is 7.99. The predicted octanol–water partition coefficient (Wildman–Crippen LogP) is 2.34. The third-order valence-corrected chi connectivity index (χ3v) is 6.19. The second kappa shape index (κ2) is 10.3. The van der Waals surface area contributed by atoms with Crippen LogP contribution >= 0.6 is 23.4 Å². The zero-order chi connectivity index (χ0) is 23.6. The Kier molecular flexibility index (Phi) is 7.91. The highest BCUT2D eigenvalue weighted by atomic mass is 35.5. The molecule has 0 amide bonds. The molecule has 1 heterocycles. The monoisotopic (exact) mass is 494 g/mol. The van der Waals surface area contributed by atoms with Gasteiger partial charge >= 0.3 is 0 Å². The van der Waals surface area contributed by atoms with Crippen molar-refractivity contribution >= 4 is 29.1 Å². The van der Waals surface area contributed by atoms with Crippen molar-refractivity contribution in [1.29, 1.82) is 0 Å². The van der Waals surface area contributed by atoms with E-state index in [0.717, 1.165) is 24.0 Å². The van der Waals surface area contributed by atoms with Gasteiger partial charge in [-0.3, -0.25) is 0 Å². The van der Waals surface area contributed by atoms with E-state index in [1.807, 2.05) is 0 Å². The smallest absolute Gasteiger partial charge is 0.194 e. The van der Waals surface area contributed by atoms with Gasteiger partial charge in [-0.1, -0.05) is 23.4 Å². The number of halogens is 5. The summed E-state index contributed by atoms with van der Waals surface area (Å²) in [6, 6.07) is 4.00. The average molecular weight is 495 g/mol. The van der Waals surface area contributed by atoms with Crippen molar-refractivity contribution in [3.05, 3.63) is 70.4 Å². The number of aliphatic hydroxyl groups is 3. The van der Waals surface area contributed by atoms with Crippen LogP contribution in [0.4, 0.5) is 17.6 Å². The number of aliphatic hydroxyl groups excluding tert-OH is 3. The van der Waals surface area contributed by atoms with Gasteiger partial charge in [-0.2, -0.15) is 0 Å². The molecule has 1 saturated heterocycles. The quantitative estimate of drug-likeness (QED) is 0.310. The molecule has 0 saturated carbocycles. The molecule has 6 nitrogen and oxygen atoms in total. The van der Waals surface area contributed by atoms with Gasteiger partial charge in [0.1, 0.15) is 29.6 Å². The van der Waals surface area contributed by atoms with E-state index in [1.54, 1.807) is 0 Å². The Morgan fingerprint density at radius 3 is 2.38 bits per heavy atom. The molecule has 0 aliphatic carbocycles. The normalized spacial score (nSPS) is 26.2. The van der Waals surface area contributed by atoms with E-state index in [-0.39, 0.29) is 21.2 Å². The minimum absolute atomic E-state index is 0.0701. The molecule has 0 aromatic heterocycles. The third-order valence-electron chi connectivity index (χ3n) is 4.77. The molecule has 1 fully saturated rings. The number of benzene rings is 2. The molecule has 174 valence electrons. The van der Waals surface area contributed by atoms with Crippen LogP contribution in [0.15, 0.2) is 41.4 Å². The SMILES string of the molecule is N/C(=C\NC1C(O)C(CO)OC(Sc2cc(Cl)ccc2F)C1O)c1cc(F)c(F)c(F)c1. The number of thioether (sulfide) groups is 1. The number of hydrogen-bond acceptors (Lipinski definition) is 7. The maximum absolute atomic E-state index is 14.1. The summed E-state index contributed by atoms with van der Waals surface area (Å²) in [5.74, 6) is -5.15. The molecular formula is C20H19ClF4N2O4S. The largest absolute Gasteiger partial charge is 0.397 e. The van der Waals surface area contributed by atoms with Crippen molar-refractivity contribution in [2.75, 3.05) is 6.61 Å². The molecule has 2 aromatic rings. The first-order chi connectivity index (χ1) is 15.1. The fourth-order valence-electron chi connectivity index (χ4n) is 3.07. The molecule has 0 spiro atoms. The Labute approximate surface area is 189 Å². The lowest BCUT2D eigenvalue weighted by atomic mass is 9.97. The average Bonchev–Trinajstić information content (AvgIpc) is 2.75. The van der Waals surface area contributed by atoms with Crippen molar-refractivity contribution in [2.24, 2.45) is 5.73 Å². The van der Waals surface area contributed by atoms with E-state index in [9.17, 15) is 32.9 Å². The summed E-state index contributed by atoms with van der Waals surface area (Å²) in [6.07, 6.45) is -2.96. The van der Waals surface area contributed by atoms with Gasteiger partial charge in [-0.15, -0.1) is 0 Å². The highest BCUT2D eigenvalue weighted by Gasteiger charge is 2.44. The molecule has 5 atom stereocenters. The van der Waals surface area contributed by atoms with E-state index in [4.69, 9.17) is 22.1 Å². The van der Waals surface area contributed by atoms with E-state index >= 15 is 0 Å². The van der Waals surface area contributed by atoms with Crippen molar-refractivity contribution in [2.45, 2.75) is 34.7 Å². The lowest BCUT2D eigenvalue weighted by Gasteiger charge is -2.42.